The minimum Gasteiger partial charge on any atom is -0.472 e. The van der Waals surface area contributed by atoms with Gasteiger partial charge in [-0.25, -0.2) is 4.39 Å². The molecule has 6 heteroatoms. The number of hydrogen-bond acceptors (Lipinski definition) is 4. The third kappa shape index (κ3) is 2.77. The number of H-pyrrole nitrogens is 1. The minimum atomic E-state index is -0.206. The molecule has 2 N–H and O–H groups in total. The number of hydrogen-bond donors (Lipinski definition) is 2. The second-order valence-corrected chi connectivity index (χ2v) is 5.96. The Morgan fingerprint density at radius 3 is 3.00 bits per heavy atom. The van der Waals surface area contributed by atoms with Crippen molar-refractivity contribution >= 4 is 21.4 Å². The van der Waals surface area contributed by atoms with E-state index in [9.17, 15) is 4.39 Å². The van der Waals surface area contributed by atoms with Crippen LogP contribution >= 0.6 is 11.3 Å². The molecule has 0 amide bonds. The number of aromatic nitrogens is 2. The Bertz CT molecular complexity index is 765. The number of aromatic amines is 1. The van der Waals surface area contributed by atoms with Crippen molar-refractivity contribution < 1.29 is 9.13 Å². The topological polar surface area (TPSA) is 49.9 Å². The van der Waals surface area contributed by atoms with Gasteiger partial charge in [-0.05, 0) is 26.1 Å². The number of aryl methyl sites for hydroxylation is 1. The van der Waals surface area contributed by atoms with Gasteiger partial charge in [-0.1, -0.05) is 6.07 Å². The lowest BCUT2D eigenvalue weighted by molar-refractivity contribution is 0.294. The second kappa shape index (κ2) is 5.83. The van der Waals surface area contributed by atoms with Crippen molar-refractivity contribution in [1.82, 2.24) is 15.5 Å². The van der Waals surface area contributed by atoms with Crippen LogP contribution in [0.3, 0.4) is 0 Å². The Balaban J connectivity index is 1.96. The fourth-order valence-corrected chi connectivity index (χ4v) is 3.52. The predicted molar refractivity (Wildman–Crippen MR) is 82.2 cm³/mol. The van der Waals surface area contributed by atoms with E-state index in [-0.39, 0.29) is 5.82 Å². The van der Waals surface area contributed by atoms with Crippen molar-refractivity contribution in [2.75, 3.05) is 7.05 Å². The van der Waals surface area contributed by atoms with Crippen molar-refractivity contribution in [1.29, 1.82) is 0 Å². The summed E-state index contributed by atoms with van der Waals surface area (Å²) in [5, 5.41) is 10.6. The Hall–Kier alpha value is -1.92. The molecule has 3 aromatic rings. The van der Waals surface area contributed by atoms with E-state index in [1.807, 2.05) is 26.1 Å². The molecule has 0 unspecified atom stereocenters. The molecule has 0 fully saturated rings. The third-order valence-corrected chi connectivity index (χ3v) is 4.43. The highest BCUT2D eigenvalue weighted by Gasteiger charge is 2.16. The first-order valence-electron chi connectivity index (χ1n) is 6.67. The van der Waals surface area contributed by atoms with Crippen LogP contribution in [0.4, 0.5) is 4.39 Å². The van der Waals surface area contributed by atoms with Gasteiger partial charge >= 0.3 is 0 Å². The number of benzene rings is 1. The van der Waals surface area contributed by atoms with Crippen LogP contribution in [0.15, 0.2) is 24.3 Å². The number of nitrogens with zero attached hydrogens (tertiary/aromatic N) is 1. The first kappa shape index (κ1) is 14.0. The summed E-state index contributed by atoms with van der Waals surface area (Å²) in [6, 6.07) is 6.98. The maximum atomic E-state index is 14.1. The van der Waals surface area contributed by atoms with Crippen molar-refractivity contribution in [3.63, 3.8) is 0 Å². The Kier molecular flexibility index (Phi) is 3.90. The molecule has 0 aliphatic carbocycles. The molecule has 110 valence electrons. The van der Waals surface area contributed by atoms with Gasteiger partial charge in [-0.3, -0.25) is 5.10 Å². The lowest BCUT2D eigenvalue weighted by Crippen LogP contribution is -2.07. The van der Waals surface area contributed by atoms with Crippen LogP contribution < -0.4 is 10.1 Å². The summed E-state index contributed by atoms with van der Waals surface area (Å²) in [6.07, 6.45) is 0. The molecule has 0 radical (unpaired) electrons. The number of nitrogens with one attached hydrogen (secondary N) is 2. The first-order chi connectivity index (χ1) is 10.2. The molecule has 0 aliphatic heterocycles. The molecule has 2 heterocycles. The van der Waals surface area contributed by atoms with Gasteiger partial charge in [-0.15, -0.1) is 16.4 Å². The molecule has 0 saturated carbocycles. The zero-order valence-electron chi connectivity index (χ0n) is 11.9. The molecule has 0 aliphatic rings. The highest BCUT2D eigenvalue weighted by atomic mass is 32.1. The monoisotopic (exact) mass is 305 g/mol. The van der Waals surface area contributed by atoms with Crippen LogP contribution in [0.1, 0.15) is 16.1 Å². The largest absolute Gasteiger partial charge is 0.472 e. The molecule has 0 bridgehead atoms. The van der Waals surface area contributed by atoms with E-state index < -0.39 is 0 Å². The van der Waals surface area contributed by atoms with E-state index >= 15 is 0 Å². The molecule has 0 atom stereocenters. The van der Waals surface area contributed by atoms with E-state index in [0.717, 1.165) is 20.8 Å². The Labute approximate surface area is 125 Å². The van der Waals surface area contributed by atoms with Gasteiger partial charge in [0.15, 0.2) is 0 Å². The van der Waals surface area contributed by atoms with Crippen molar-refractivity contribution in [3.8, 4) is 5.88 Å². The fraction of sp³-hybridized carbons (Fsp3) is 0.267. The summed E-state index contributed by atoms with van der Waals surface area (Å²) in [6.45, 7) is 2.91. The van der Waals surface area contributed by atoms with Gasteiger partial charge in [0.05, 0.1) is 0 Å². The van der Waals surface area contributed by atoms with Crippen LogP contribution in [0.25, 0.3) is 10.1 Å². The van der Waals surface area contributed by atoms with E-state index in [1.54, 1.807) is 17.4 Å². The van der Waals surface area contributed by atoms with Crippen molar-refractivity contribution in [2.24, 2.45) is 0 Å². The van der Waals surface area contributed by atoms with Gasteiger partial charge in [0.1, 0.15) is 12.4 Å². The van der Waals surface area contributed by atoms with E-state index in [4.69, 9.17) is 4.74 Å². The number of halogens is 1. The molecule has 21 heavy (non-hydrogen) atoms. The predicted octanol–water partition coefficient (Wildman–Crippen LogP) is 3.37. The minimum absolute atomic E-state index is 0.206. The highest BCUT2D eigenvalue weighted by Crippen LogP contribution is 2.33. The Morgan fingerprint density at radius 1 is 1.43 bits per heavy atom. The van der Waals surface area contributed by atoms with Crippen molar-refractivity contribution in [3.05, 3.63) is 46.2 Å². The van der Waals surface area contributed by atoms with Crippen LogP contribution in [0, 0.1) is 12.7 Å². The molecule has 2 aromatic heterocycles. The second-order valence-electron chi connectivity index (χ2n) is 4.82. The number of ether oxygens (including phenoxy) is 1. The maximum Gasteiger partial charge on any atom is 0.233 e. The van der Waals surface area contributed by atoms with E-state index in [1.165, 1.54) is 6.07 Å². The quantitative estimate of drug-likeness (QED) is 0.760. The van der Waals surface area contributed by atoms with Crippen LogP contribution in [-0.2, 0) is 13.2 Å². The van der Waals surface area contributed by atoms with Gasteiger partial charge in [0.25, 0.3) is 0 Å². The summed E-state index contributed by atoms with van der Waals surface area (Å²) in [7, 11) is 1.88. The third-order valence-electron chi connectivity index (χ3n) is 3.23. The molecule has 0 spiro atoms. The summed E-state index contributed by atoms with van der Waals surface area (Å²) in [5.74, 6) is 0.321. The SMILES string of the molecule is CNCc1sc2cccc(F)c2c1COc1cc(C)[nH]n1. The smallest absolute Gasteiger partial charge is 0.233 e. The van der Waals surface area contributed by atoms with Crippen molar-refractivity contribution in [2.45, 2.75) is 20.1 Å². The zero-order valence-corrected chi connectivity index (χ0v) is 12.7. The lowest BCUT2D eigenvalue weighted by Gasteiger charge is -2.06. The average molecular weight is 305 g/mol. The highest BCUT2D eigenvalue weighted by molar-refractivity contribution is 7.19. The molecule has 3 rings (SSSR count). The number of rotatable bonds is 5. The van der Waals surface area contributed by atoms with Gasteiger partial charge < -0.3 is 10.1 Å². The summed E-state index contributed by atoms with van der Waals surface area (Å²) < 4.78 is 20.8. The molecule has 1 aromatic carbocycles. The lowest BCUT2D eigenvalue weighted by atomic mass is 10.1. The standard InChI is InChI=1S/C15H16FN3OS/c1-9-6-14(19-18-9)20-8-10-13(7-17-2)21-12-5-3-4-11(16)15(10)12/h3-6,17H,7-8H2,1-2H3,(H,18,19). The van der Waals surface area contributed by atoms with E-state index in [2.05, 4.69) is 15.5 Å². The van der Waals surface area contributed by atoms with Gasteiger partial charge in [0.2, 0.25) is 5.88 Å². The van der Waals surface area contributed by atoms with Crippen LogP contribution in [0.5, 0.6) is 5.88 Å². The number of fused-ring (bicyclic) bond motifs is 1. The maximum absolute atomic E-state index is 14.1. The molecular weight excluding hydrogens is 289 g/mol. The normalized spacial score (nSPS) is 11.2. The van der Waals surface area contributed by atoms with E-state index in [0.29, 0.717) is 24.4 Å². The Morgan fingerprint density at radius 2 is 2.29 bits per heavy atom. The van der Waals surface area contributed by atoms with Gasteiger partial charge in [-0.2, -0.15) is 0 Å². The fourth-order valence-electron chi connectivity index (χ4n) is 2.29. The summed E-state index contributed by atoms with van der Waals surface area (Å²) in [5.41, 5.74) is 1.82. The molecular formula is C15H16FN3OS. The number of thiophene rings is 1. The van der Waals surface area contributed by atoms with Crippen LogP contribution in [-0.4, -0.2) is 17.2 Å². The van der Waals surface area contributed by atoms with Gasteiger partial charge in [0, 0.05) is 38.8 Å². The average Bonchev–Trinajstić information content (AvgIpc) is 3.01. The van der Waals surface area contributed by atoms with Crippen LogP contribution in [0.2, 0.25) is 0 Å². The zero-order chi connectivity index (χ0) is 14.8. The molecule has 0 saturated heterocycles. The molecule has 4 nitrogen and oxygen atoms in total. The summed E-state index contributed by atoms with van der Waals surface area (Å²) >= 11 is 1.59. The summed E-state index contributed by atoms with van der Waals surface area (Å²) in [4.78, 5) is 1.09. The first-order valence-corrected chi connectivity index (χ1v) is 7.49.